The van der Waals surface area contributed by atoms with Gasteiger partial charge in [0.05, 0.1) is 0 Å². The van der Waals surface area contributed by atoms with Crippen LogP contribution < -0.4 is 0 Å². The second-order valence-electron chi connectivity index (χ2n) is 1.22. The van der Waals surface area contributed by atoms with Crippen LogP contribution in [-0.2, 0) is 0 Å². The van der Waals surface area contributed by atoms with Crippen LogP contribution in [0.25, 0.3) is 0 Å². The minimum absolute atomic E-state index is 1.11. The Bertz CT molecular complexity index is 39.2. The fourth-order valence-corrected chi connectivity index (χ4v) is 0.263. The third-order valence-corrected chi connectivity index (χ3v) is 0.591. The predicted molar refractivity (Wildman–Crippen MR) is 29.8 cm³/mol. The number of rotatable bonds is 2. The standard InChI is InChI=1S/C5H9B/c1-2-3-4-5-6/h4-5H,2-3H2,1H3/b5-4-. The normalized spacial score (nSPS) is 10.2. The van der Waals surface area contributed by atoms with Crippen LogP contribution in [-0.4, -0.2) is 7.85 Å². The van der Waals surface area contributed by atoms with Crippen LogP contribution >= 0.6 is 0 Å². The molecule has 0 aromatic heterocycles. The van der Waals surface area contributed by atoms with E-state index in [1.807, 2.05) is 6.08 Å². The maximum Gasteiger partial charge on any atom is 0.102 e. The molecular formula is C5H9B. The minimum Gasteiger partial charge on any atom is -0.135 e. The van der Waals surface area contributed by atoms with Gasteiger partial charge in [-0.05, 0) is 6.42 Å². The van der Waals surface area contributed by atoms with Crippen molar-refractivity contribution < 1.29 is 0 Å². The van der Waals surface area contributed by atoms with Gasteiger partial charge >= 0.3 is 0 Å². The SMILES string of the molecule is [B]/C=C\CCC. The number of hydrogen-bond donors (Lipinski definition) is 0. The number of hydrogen-bond acceptors (Lipinski definition) is 0. The molecule has 0 rings (SSSR count). The van der Waals surface area contributed by atoms with Crippen molar-refractivity contribution in [1.29, 1.82) is 0 Å². The summed E-state index contributed by atoms with van der Waals surface area (Å²) in [7, 11) is 5.03. The maximum absolute atomic E-state index is 5.03. The predicted octanol–water partition coefficient (Wildman–Crippen LogP) is 1.47. The smallest absolute Gasteiger partial charge is 0.102 e. The number of unbranched alkanes of at least 4 members (excludes halogenated alkanes) is 1. The van der Waals surface area contributed by atoms with Crippen molar-refractivity contribution in [2.75, 3.05) is 0 Å². The van der Waals surface area contributed by atoms with Gasteiger partial charge in [-0.2, -0.15) is 0 Å². The largest absolute Gasteiger partial charge is 0.135 e. The molecule has 0 aliphatic heterocycles. The molecule has 0 aromatic carbocycles. The maximum atomic E-state index is 5.03. The molecule has 0 saturated heterocycles. The number of allylic oxidation sites excluding steroid dienone is 1. The summed E-state index contributed by atoms with van der Waals surface area (Å²) >= 11 is 0. The molecule has 0 aliphatic carbocycles. The molecule has 0 heterocycles. The summed E-state index contributed by atoms with van der Waals surface area (Å²) in [6, 6.07) is 0. The lowest BCUT2D eigenvalue weighted by molar-refractivity contribution is 0.960. The van der Waals surface area contributed by atoms with E-state index < -0.39 is 0 Å². The lowest BCUT2D eigenvalue weighted by Gasteiger charge is -1.76. The third-order valence-electron chi connectivity index (χ3n) is 0.591. The average molecular weight is 79.9 g/mol. The molecule has 0 aliphatic rings. The Labute approximate surface area is 40.7 Å². The highest BCUT2D eigenvalue weighted by atomic mass is 13.7. The van der Waals surface area contributed by atoms with E-state index in [0.29, 0.717) is 0 Å². The van der Waals surface area contributed by atoms with E-state index in [0.717, 1.165) is 6.42 Å². The van der Waals surface area contributed by atoms with E-state index in [1.54, 1.807) is 5.98 Å². The second kappa shape index (κ2) is 4.80. The molecule has 0 bridgehead atoms. The average Bonchev–Trinajstić information content (AvgIpc) is 1.61. The fourth-order valence-electron chi connectivity index (χ4n) is 0.263. The van der Waals surface area contributed by atoms with Crippen molar-refractivity contribution in [1.82, 2.24) is 0 Å². The second-order valence-corrected chi connectivity index (χ2v) is 1.22. The van der Waals surface area contributed by atoms with E-state index >= 15 is 0 Å². The van der Waals surface area contributed by atoms with E-state index in [4.69, 9.17) is 7.85 Å². The molecule has 0 amide bonds. The summed E-state index contributed by atoms with van der Waals surface area (Å²) in [6.07, 6.45) is 4.25. The fraction of sp³-hybridized carbons (Fsp3) is 0.600. The third kappa shape index (κ3) is 3.80. The molecule has 0 unspecified atom stereocenters. The van der Waals surface area contributed by atoms with E-state index in [-0.39, 0.29) is 0 Å². The van der Waals surface area contributed by atoms with Crippen molar-refractivity contribution in [2.45, 2.75) is 19.8 Å². The highest BCUT2D eigenvalue weighted by Gasteiger charge is 1.64. The van der Waals surface area contributed by atoms with Gasteiger partial charge in [0, 0.05) is 0 Å². The molecule has 0 nitrogen and oxygen atoms in total. The van der Waals surface area contributed by atoms with Gasteiger partial charge in [-0.15, -0.1) is 5.98 Å². The van der Waals surface area contributed by atoms with Gasteiger partial charge in [-0.1, -0.05) is 19.4 Å². The topological polar surface area (TPSA) is 0 Å². The van der Waals surface area contributed by atoms with E-state index in [9.17, 15) is 0 Å². The van der Waals surface area contributed by atoms with Gasteiger partial charge in [0.1, 0.15) is 7.85 Å². The summed E-state index contributed by atoms with van der Waals surface area (Å²) in [4.78, 5) is 0. The summed E-state index contributed by atoms with van der Waals surface area (Å²) in [5.41, 5.74) is 0. The molecule has 6 heavy (non-hydrogen) atoms. The first-order chi connectivity index (χ1) is 2.91. The summed E-state index contributed by atoms with van der Waals surface area (Å²) in [6.45, 7) is 2.12. The minimum atomic E-state index is 1.11. The molecule has 0 spiro atoms. The monoisotopic (exact) mass is 80.1 g/mol. The van der Waals surface area contributed by atoms with E-state index in [1.165, 1.54) is 6.42 Å². The lowest BCUT2D eigenvalue weighted by Crippen LogP contribution is -1.58. The quantitative estimate of drug-likeness (QED) is 0.440. The molecule has 0 saturated carbocycles. The van der Waals surface area contributed by atoms with Crippen LogP contribution in [0.1, 0.15) is 19.8 Å². The van der Waals surface area contributed by atoms with Crippen LogP contribution in [0.5, 0.6) is 0 Å². The Morgan fingerprint density at radius 2 is 2.33 bits per heavy atom. The highest BCUT2D eigenvalue weighted by molar-refractivity contribution is 6.16. The lowest BCUT2D eigenvalue weighted by atomic mass is 10.1. The molecule has 1 heteroatoms. The molecule has 0 aromatic rings. The van der Waals surface area contributed by atoms with Gasteiger partial charge in [-0.25, -0.2) is 0 Å². The Kier molecular flexibility index (Phi) is 4.65. The van der Waals surface area contributed by atoms with Crippen LogP contribution in [0.3, 0.4) is 0 Å². The van der Waals surface area contributed by atoms with Crippen LogP contribution in [0.4, 0.5) is 0 Å². The Morgan fingerprint density at radius 3 is 2.50 bits per heavy atom. The van der Waals surface area contributed by atoms with Crippen molar-refractivity contribution in [3.8, 4) is 0 Å². The first-order valence-electron chi connectivity index (χ1n) is 2.28. The summed E-state index contributed by atoms with van der Waals surface area (Å²) in [5.74, 6) is 1.59. The van der Waals surface area contributed by atoms with Gasteiger partial charge < -0.3 is 0 Å². The molecule has 0 N–H and O–H groups in total. The van der Waals surface area contributed by atoms with Crippen molar-refractivity contribution in [3.05, 3.63) is 12.1 Å². The zero-order valence-corrected chi connectivity index (χ0v) is 4.15. The Balaban J connectivity index is 2.66. The summed E-state index contributed by atoms with van der Waals surface area (Å²) in [5, 5.41) is 0. The molecule has 0 atom stereocenters. The van der Waals surface area contributed by atoms with Crippen LogP contribution in [0.15, 0.2) is 12.1 Å². The Morgan fingerprint density at radius 1 is 1.67 bits per heavy atom. The Hall–Kier alpha value is -0.195. The van der Waals surface area contributed by atoms with Gasteiger partial charge in [0.2, 0.25) is 0 Å². The van der Waals surface area contributed by atoms with Crippen molar-refractivity contribution in [2.24, 2.45) is 0 Å². The van der Waals surface area contributed by atoms with Crippen LogP contribution in [0, 0.1) is 0 Å². The zero-order chi connectivity index (χ0) is 4.83. The molecule has 0 fully saturated rings. The van der Waals surface area contributed by atoms with Crippen LogP contribution in [0.2, 0.25) is 0 Å². The van der Waals surface area contributed by atoms with Crippen molar-refractivity contribution in [3.63, 3.8) is 0 Å². The molecular weight excluding hydrogens is 70.9 g/mol. The highest BCUT2D eigenvalue weighted by Crippen LogP contribution is 1.84. The van der Waals surface area contributed by atoms with E-state index in [2.05, 4.69) is 6.92 Å². The zero-order valence-electron chi connectivity index (χ0n) is 4.15. The molecule has 32 valence electrons. The van der Waals surface area contributed by atoms with Crippen molar-refractivity contribution >= 4 is 7.85 Å². The summed E-state index contributed by atoms with van der Waals surface area (Å²) < 4.78 is 0. The van der Waals surface area contributed by atoms with Gasteiger partial charge in [0.25, 0.3) is 0 Å². The molecule has 2 radical (unpaired) electrons. The first-order valence-corrected chi connectivity index (χ1v) is 2.28. The first kappa shape index (κ1) is 5.80. The van der Waals surface area contributed by atoms with Gasteiger partial charge in [-0.3, -0.25) is 0 Å². The van der Waals surface area contributed by atoms with Gasteiger partial charge in [0.15, 0.2) is 0 Å².